The fourth-order valence-corrected chi connectivity index (χ4v) is 2.60. The van der Waals surface area contributed by atoms with Crippen molar-refractivity contribution in [1.29, 1.82) is 0 Å². The summed E-state index contributed by atoms with van der Waals surface area (Å²) in [6, 6.07) is 6.18. The molecule has 0 atom stereocenters. The molecule has 0 radical (unpaired) electrons. The number of nitrogens with zero attached hydrogens (tertiary/aromatic N) is 1. The lowest BCUT2D eigenvalue weighted by atomic mass is 10.1. The van der Waals surface area contributed by atoms with Crippen molar-refractivity contribution in [2.24, 2.45) is 0 Å². The van der Waals surface area contributed by atoms with Crippen molar-refractivity contribution in [3.63, 3.8) is 0 Å². The summed E-state index contributed by atoms with van der Waals surface area (Å²) < 4.78 is 0. The van der Waals surface area contributed by atoms with Crippen LogP contribution < -0.4 is 0 Å². The number of amides is 1. The lowest BCUT2D eigenvalue weighted by Crippen LogP contribution is -2.39. The van der Waals surface area contributed by atoms with Crippen LogP contribution in [0.2, 0.25) is 0 Å². The van der Waals surface area contributed by atoms with Crippen molar-refractivity contribution in [3.05, 3.63) is 35.4 Å². The van der Waals surface area contributed by atoms with Crippen LogP contribution >= 0.6 is 0 Å². The number of carbonyl (C=O) groups is 2. The van der Waals surface area contributed by atoms with Crippen LogP contribution in [0.15, 0.2) is 24.3 Å². The van der Waals surface area contributed by atoms with E-state index in [0.29, 0.717) is 12.1 Å². The first-order chi connectivity index (χ1) is 9.63. The predicted molar refractivity (Wildman–Crippen MR) is 75.5 cm³/mol. The number of hydrogen-bond acceptors (Lipinski definition) is 2. The molecular formula is C16H17NO3. The molecule has 0 heterocycles. The molecule has 0 aromatic heterocycles. The zero-order valence-corrected chi connectivity index (χ0v) is 11.2. The van der Waals surface area contributed by atoms with Crippen molar-refractivity contribution >= 4 is 11.9 Å². The smallest absolute Gasteiger partial charge is 0.335 e. The normalized spacial score (nSPS) is 14.8. The summed E-state index contributed by atoms with van der Waals surface area (Å²) in [5.74, 6) is 1.42. The third-order valence-corrected chi connectivity index (χ3v) is 3.67. The third kappa shape index (κ3) is 3.00. The highest BCUT2D eigenvalue weighted by Crippen LogP contribution is 2.24. The standard InChI is InChI=1S/C16H17NO3/c1-2-11-17(14-5-3-4-6-14)15(18)12-7-9-13(10-8-12)16(19)20/h1,7-10,14H,3-6,11H2,(H,19,20). The van der Waals surface area contributed by atoms with Gasteiger partial charge in [-0.3, -0.25) is 4.79 Å². The van der Waals surface area contributed by atoms with E-state index in [1.165, 1.54) is 12.1 Å². The molecule has 1 amide bonds. The fraction of sp³-hybridized carbons (Fsp3) is 0.375. The first kappa shape index (κ1) is 14.1. The van der Waals surface area contributed by atoms with Crippen LogP contribution in [0, 0.1) is 12.3 Å². The molecule has 0 aliphatic heterocycles. The molecule has 1 aromatic carbocycles. The van der Waals surface area contributed by atoms with Gasteiger partial charge in [0.25, 0.3) is 5.91 Å². The summed E-state index contributed by atoms with van der Waals surface area (Å²) in [5.41, 5.74) is 0.656. The van der Waals surface area contributed by atoms with Gasteiger partial charge >= 0.3 is 5.97 Å². The van der Waals surface area contributed by atoms with Gasteiger partial charge in [-0.15, -0.1) is 6.42 Å². The van der Waals surface area contributed by atoms with Crippen LogP contribution in [0.3, 0.4) is 0 Å². The van der Waals surface area contributed by atoms with Gasteiger partial charge in [0, 0.05) is 11.6 Å². The molecule has 1 aromatic rings. The van der Waals surface area contributed by atoms with E-state index in [1.54, 1.807) is 17.0 Å². The molecule has 1 saturated carbocycles. The number of hydrogen-bond donors (Lipinski definition) is 1. The van der Waals surface area contributed by atoms with E-state index in [9.17, 15) is 9.59 Å². The molecule has 0 unspecified atom stereocenters. The van der Waals surface area contributed by atoms with E-state index in [0.717, 1.165) is 25.7 Å². The van der Waals surface area contributed by atoms with E-state index in [2.05, 4.69) is 5.92 Å². The maximum atomic E-state index is 12.5. The average Bonchev–Trinajstić information content (AvgIpc) is 2.98. The van der Waals surface area contributed by atoms with Gasteiger partial charge in [-0.05, 0) is 37.1 Å². The molecule has 2 rings (SSSR count). The monoisotopic (exact) mass is 271 g/mol. The topological polar surface area (TPSA) is 57.6 Å². The molecule has 1 aliphatic rings. The van der Waals surface area contributed by atoms with Crippen LogP contribution in [0.4, 0.5) is 0 Å². The largest absolute Gasteiger partial charge is 0.478 e. The summed E-state index contributed by atoms with van der Waals surface area (Å²) in [7, 11) is 0. The Morgan fingerprint density at radius 3 is 2.25 bits per heavy atom. The zero-order chi connectivity index (χ0) is 14.5. The first-order valence-electron chi connectivity index (χ1n) is 6.71. The second kappa shape index (κ2) is 6.25. The summed E-state index contributed by atoms with van der Waals surface area (Å²) in [6.45, 7) is 0.296. The molecule has 104 valence electrons. The van der Waals surface area contributed by atoms with Gasteiger partial charge in [-0.25, -0.2) is 4.79 Å². The molecule has 0 bridgehead atoms. The number of aromatic carboxylic acids is 1. The van der Waals surface area contributed by atoms with Crippen LogP contribution in [-0.2, 0) is 0 Å². The zero-order valence-electron chi connectivity index (χ0n) is 11.2. The van der Waals surface area contributed by atoms with Crippen LogP contribution in [0.25, 0.3) is 0 Å². The number of carboxylic acid groups (broad SMARTS) is 1. The van der Waals surface area contributed by atoms with Crippen molar-refractivity contribution in [2.75, 3.05) is 6.54 Å². The number of benzene rings is 1. The van der Waals surface area contributed by atoms with E-state index in [-0.39, 0.29) is 17.5 Å². The lowest BCUT2D eigenvalue weighted by Gasteiger charge is -2.27. The van der Waals surface area contributed by atoms with Gasteiger partial charge in [0.15, 0.2) is 0 Å². The Hall–Kier alpha value is -2.28. The van der Waals surface area contributed by atoms with Gasteiger partial charge in [-0.1, -0.05) is 18.8 Å². The molecule has 1 N–H and O–H groups in total. The Balaban J connectivity index is 2.18. The van der Waals surface area contributed by atoms with Crippen molar-refractivity contribution in [2.45, 2.75) is 31.7 Å². The number of rotatable bonds is 4. The highest BCUT2D eigenvalue weighted by Gasteiger charge is 2.26. The summed E-state index contributed by atoms with van der Waals surface area (Å²) in [5, 5.41) is 8.86. The molecule has 0 saturated heterocycles. The number of carbonyl (C=O) groups excluding carboxylic acids is 1. The van der Waals surface area contributed by atoms with E-state index in [4.69, 9.17) is 11.5 Å². The number of carboxylic acids is 1. The van der Waals surface area contributed by atoms with Crippen LogP contribution in [-0.4, -0.2) is 34.5 Å². The van der Waals surface area contributed by atoms with Crippen molar-refractivity contribution < 1.29 is 14.7 Å². The summed E-state index contributed by atoms with van der Waals surface area (Å²) in [6.07, 6.45) is 9.57. The molecule has 20 heavy (non-hydrogen) atoms. The molecular weight excluding hydrogens is 254 g/mol. The predicted octanol–water partition coefficient (Wildman–Crippen LogP) is 2.40. The minimum atomic E-state index is -1.000. The van der Waals surface area contributed by atoms with Gasteiger partial charge in [-0.2, -0.15) is 0 Å². The van der Waals surface area contributed by atoms with Crippen LogP contribution in [0.5, 0.6) is 0 Å². The minimum Gasteiger partial charge on any atom is -0.478 e. The maximum Gasteiger partial charge on any atom is 0.335 e. The summed E-state index contributed by atoms with van der Waals surface area (Å²) in [4.78, 5) is 25.0. The van der Waals surface area contributed by atoms with Crippen LogP contribution in [0.1, 0.15) is 46.4 Å². The van der Waals surface area contributed by atoms with Gasteiger partial charge in [0.05, 0.1) is 12.1 Å². The molecule has 4 nitrogen and oxygen atoms in total. The van der Waals surface area contributed by atoms with E-state index < -0.39 is 5.97 Å². The van der Waals surface area contributed by atoms with Gasteiger partial charge < -0.3 is 10.0 Å². The first-order valence-corrected chi connectivity index (χ1v) is 6.71. The molecule has 1 fully saturated rings. The van der Waals surface area contributed by atoms with Gasteiger partial charge in [0.2, 0.25) is 0 Å². The highest BCUT2D eigenvalue weighted by atomic mass is 16.4. The Kier molecular flexibility index (Phi) is 4.41. The quantitative estimate of drug-likeness (QED) is 0.855. The van der Waals surface area contributed by atoms with Crippen molar-refractivity contribution in [1.82, 2.24) is 4.90 Å². The third-order valence-electron chi connectivity index (χ3n) is 3.67. The Labute approximate surface area is 118 Å². The Morgan fingerprint density at radius 1 is 1.20 bits per heavy atom. The van der Waals surface area contributed by atoms with E-state index in [1.807, 2.05) is 0 Å². The summed E-state index contributed by atoms with van der Waals surface area (Å²) >= 11 is 0. The highest BCUT2D eigenvalue weighted by molar-refractivity contribution is 5.96. The maximum absolute atomic E-state index is 12.5. The average molecular weight is 271 g/mol. The second-order valence-corrected chi connectivity index (χ2v) is 4.96. The molecule has 1 aliphatic carbocycles. The Bertz CT molecular complexity index is 536. The second-order valence-electron chi connectivity index (χ2n) is 4.96. The minimum absolute atomic E-state index is 0.119. The van der Waals surface area contributed by atoms with E-state index >= 15 is 0 Å². The van der Waals surface area contributed by atoms with Gasteiger partial charge in [0.1, 0.15) is 0 Å². The lowest BCUT2D eigenvalue weighted by molar-refractivity contribution is 0.0688. The van der Waals surface area contributed by atoms with Crippen molar-refractivity contribution in [3.8, 4) is 12.3 Å². The molecule has 0 spiro atoms. The Morgan fingerprint density at radius 2 is 1.75 bits per heavy atom. The fourth-order valence-electron chi connectivity index (χ4n) is 2.60. The molecule has 4 heteroatoms. The SMILES string of the molecule is C#CCN(C(=O)c1ccc(C(=O)O)cc1)C1CCCC1. The number of terminal acetylenes is 1.